The van der Waals surface area contributed by atoms with Crippen molar-refractivity contribution in [3.63, 3.8) is 0 Å². The summed E-state index contributed by atoms with van der Waals surface area (Å²) < 4.78 is 11.6. The van der Waals surface area contributed by atoms with Gasteiger partial charge in [0.15, 0.2) is 5.76 Å². The summed E-state index contributed by atoms with van der Waals surface area (Å²) in [7, 11) is 0. The quantitative estimate of drug-likeness (QED) is 0.392. The van der Waals surface area contributed by atoms with Crippen LogP contribution in [0.2, 0.25) is 0 Å². The second kappa shape index (κ2) is 9.23. The van der Waals surface area contributed by atoms with Gasteiger partial charge in [-0.25, -0.2) is 0 Å². The highest BCUT2D eigenvalue weighted by molar-refractivity contribution is 6.02. The number of hydrogen-bond acceptors (Lipinski definition) is 6. The van der Waals surface area contributed by atoms with E-state index in [2.05, 4.69) is 10.2 Å². The Kier molecular flexibility index (Phi) is 6.23. The van der Waals surface area contributed by atoms with Crippen LogP contribution in [0.1, 0.15) is 40.3 Å². The molecule has 3 aromatic rings. The molecule has 4 rings (SSSR count). The molecule has 1 aromatic heterocycles. The van der Waals surface area contributed by atoms with Gasteiger partial charge in [-0.3, -0.25) is 19.8 Å². The van der Waals surface area contributed by atoms with Gasteiger partial charge in [0.1, 0.15) is 17.3 Å². The number of amides is 1. The summed E-state index contributed by atoms with van der Waals surface area (Å²) in [5.41, 5.74) is 1.97. The number of nitro groups is 1. The van der Waals surface area contributed by atoms with Crippen molar-refractivity contribution in [2.45, 2.75) is 33.2 Å². The van der Waals surface area contributed by atoms with Crippen molar-refractivity contribution < 1.29 is 18.9 Å². The van der Waals surface area contributed by atoms with Gasteiger partial charge in [-0.1, -0.05) is 12.1 Å². The Balaban J connectivity index is 1.52. The zero-order chi connectivity index (χ0) is 22.7. The lowest BCUT2D eigenvalue weighted by molar-refractivity contribution is -0.384. The highest BCUT2D eigenvalue weighted by Crippen LogP contribution is 2.32. The average molecular weight is 435 g/mol. The summed E-state index contributed by atoms with van der Waals surface area (Å²) in [6, 6.07) is 13.3. The molecule has 0 spiro atoms. The maximum Gasteiger partial charge on any atom is 0.291 e. The number of anilines is 1. The van der Waals surface area contributed by atoms with E-state index >= 15 is 0 Å². The van der Waals surface area contributed by atoms with Gasteiger partial charge >= 0.3 is 0 Å². The third-order valence-corrected chi connectivity index (χ3v) is 5.40. The monoisotopic (exact) mass is 435 g/mol. The Morgan fingerprint density at radius 2 is 1.91 bits per heavy atom. The number of furan rings is 1. The molecule has 166 valence electrons. The van der Waals surface area contributed by atoms with Crippen LogP contribution < -0.4 is 10.1 Å². The smallest absolute Gasteiger partial charge is 0.291 e. The van der Waals surface area contributed by atoms with Crippen molar-refractivity contribution in [1.82, 2.24) is 4.90 Å². The standard InChI is InChI=1S/C24H25N3O5/c1-16-5-6-17(2)23(11-16)32-21-13-18(12-19(14-21)27(29)30)25-24(28)22-8-7-20(31-22)15-26-9-3-4-10-26/h5-8,11-14H,3-4,9-10,15H2,1-2H3,(H,25,28). The second-order valence-electron chi connectivity index (χ2n) is 8.05. The molecule has 0 saturated carbocycles. The van der Waals surface area contributed by atoms with Crippen LogP contribution in [0.3, 0.4) is 0 Å². The lowest BCUT2D eigenvalue weighted by Crippen LogP contribution is -2.18. The van der Waals surface area contributed by atoms with E-state index in [1.807, 2.05) is 32.0 Å². The van der Waals surface area contributed by atoms with Gasteiger partial charge in [0, 0.05) is 12.1 Å². The molecule has 0 bridgehead atoms. The number of aryl methyl sites for hydroxylation is 2. The Morgan fingerprint density at radius 1 is 1.12 bits per heavy atom. The lowest BCUT2D eigenvalue weighted by atomic mass is 10.1. The number of benzene rings is 2. The first kappa shape index (κ1) is 21.6. The Bertz CT molecular complexity index is 1150. The van der Waals surface area contributed by atoms with E-state index in [0.717, 1.165) is 30.0 Å². The second-order valence-corrected chi connectivity index (χ2v) is 8.05. The minimum Gasteiger partial charge on any atom is -0.457 e. The van der Waals surface area contributed by atoms with E-state index < -0.39 is 10.8 Å². The number of ether oxygens (including phenoxy) is 1. The van der Waals surface area contributed by atoms with Crippen molar-refractivity contribution >= 4 is 17.3 Å². The molecule has 1 aliphatic rings. The predicted octanol–water partition coefficient (Wildman–Crippen LogP) is 5.45. The molecule has 8 heteroatoms. The molecule has 8 nitrogen and oxygen atoms in total. The van der Waals surface area contributed by atoms with Crippen LogP contribution in [-0.4, -0.2) is 28.8 Å². The van der Waals surface area contributed by atoms with Crippen molar-refractivity contribution in [2.75, 3.05) is 18.4 Å². The molecular formula is C24H25N3O5. The topological polar surface area (TPSA) is 97.8 Å². The van der Waals surface area contributed by atoms with Gasteiger partial charge in [0.2, 0.25) is 0 Å². The van der Waals surface area contributed by atoms with Crippen LogP contribution in [0, 0.1) is 24.0 Å². The molecule has 1 aliphatic heterocycles. The fourth-order valence-electron chi connectivity index (χ4n) is 3.70. The van der Waals surface area contributed by atoms with Crippen LogP contribution in [0.4, 0.5) is 11.4 Å². The molecule has 2 aromatic carbocycles. The van der Waals surface area contributed by atoms with Crippen molar-refractivity contribution in [1.29, 1.82) is 0 Å². The molecule has 1 amide bonds. The summed E-state index contributed by atoms with van der Waals surface area (Å²) >= 11 is 0. The van der Waals surface area contributed by atoms with Crippen molar-refractivity contribution in [3.05, 3.63) is 81.3 Å². The maximum atomic E-state index is 12.7. The molecule has 1 N–H and O–H groups in total. The Hall–Kier alpha value is -3.65. The fraction of sp³-hybridized carbons (Fsp3) is 0.292. The molecule has 32 heavy (non-hydrogen) atoms. The average Bonchev–Trinajstić information content (AvgIpc) is 3.43. The number of carbonyl (C=O) groups is 1. The van der Waals surface area contributed by atoms with Crippen LogP contribution in [0.25, 0.3) is 0 Å². The van der Waals surface area contributed by atoms with Crippen LogP contribution in [-0.2, 0) is 6.54 Å². The van der Waals surface area contributed by atoms with Gasteiger partial charge in [0.05, 0.1) is 23.2 Å². The highest BCUT2D eigenvalue weighted by atomic mass is 16.6. The number of nitrogens with zero attached hydrogens (tertiary/aromatic N) is 2. The number of nitro benzene ring substituents is 1. The molecule has 0 unspecified atom stereocenters. The molecular weight excluding hydrogens is 410 g/mol. The van der Waals surface area contributed by atoms with Crippen molar-refractivity contribution in [3.8, 4) is 11.5 Å². The molecule has 0 atom stereocenters. The van der Waals surface area contributed by atoms with Gasteiger partial charge in [-0.05, 0) is 69.1 Å². The molecule has 2 heterocycles. The van der Waals surface area contributed by atoms with E-state index in [-0.39, 0.29) is 22.9 Å². The number of hydrogen-bond donors (Lipinski definition) is 1. The summed E-state index contributed by atoms with van der Waals surface area (Å²) in [6.07, 6.45) is 2.35. The number of likely N-dealkylation sites (tertiary alicyclic amines) is 1. The summed E-state index contributed by atoms with van der Waals surface area (Å²) in [6.45, 7) is 6.55. The van der Waals surface area contributed by atoms with Crippen molar-refractivity contribution in [2.24, 2.45) is 0 Å². The number of rotatable bonds is 7. The third-order valence-electron chi connectivity index (χ3n) is 5.40. The minimum absolute atomic E-state index is 0.155. The zero-order valence-corrected chi connectivity index (χ0v) is 18.1. The first-order valence-corrected chi connectivity index (χ1v) is 10.5. The Morgan fingerprint density at radius 3 is 2.66 bits per heavy atom. The maximum absolute atomic E-state index is 12.7. The van der Waals surface area contributed by atoms with E-state index in [1.165, 1.54) is 25.0 Å². The van der Waals surface area contributed by atoms with Gasteiger partial charge in [-0.2, -0.15) is 0 Å². The first-order chi connectivity index (χ1) is 15.4. The van der Waals surface area contributed by atoms with Gasteiger partial charge in [-0.15, -0.1) is 0 Å². The van der Waals surface area contributed by atoms with E-state index in [1.54, 1.807) is 18.2 Å². The van der Waals surface area contributed by atoms with Crippen LogP contribution >= 0.6 is 0 Å². The molecule has 1 saturated heterocycles. The number of non-ortho nitro benzene ring substituents is 1. The normalized spacial score (nSPS) is 13.8. The van der Waals surface area contributed by atoms with Gasteiger partial charge < -0.3 is 14.5 Å². The lowest BCUT2D eigenvalue weighted by Gasteiger charge is -2.12. The predicted molar refractivity (Wildman–Crippen MR) is 120 cm³/mol. The zero-order valence-electron chi connectivity index (χ0n) is 18.1. The van der Waals surface area contributed by atoms with E-state index in [4.69, 9.17) is 9.15 Å². The Labute approximate surface area is 185 Å². The van der Waals surface area contributed by atoms with E-state index in [9.17, 15) is 14.9 Å². The highest BCUT2D eigenvalue weighted by Gasteiger charge is 2.18. The number of nitrogens with one attached hydrogen (secondary N) is 1. The SMILES string of the molecule is Cc1ccc(C)c(Oc2cc(NC(=O)c3ccc(CN4CCCC4)o3)cc([N+](=O)[O-])c2)c1. The molecule has 1 fully saturated rings. The fourth-order valence-corrected chi connectivity index (χ4v) is 3.70. The van der Waals surface area contributed by atoms with Crippen LogP contribution in [0.15, 0.2) is 52.9 Å². The summed E-state index contributed by atoms with van der Waals surface area (Å²) in [5, 5.41) is 14.1. The van der Waals surface area contributed by atoms with E-state index in [0.29, 0.717) is 12.3 Å². The summed E-state index contributed by atoms with van der Waals surface area (Å²) in [4.78, 5) is 25.9. The first-order valence-electron chi connectivity index (χ1n) is 10.5. The minimum atomic E-state index is -0.521. The summed E-state index contributed by atoms with van der Waals surface area (Å²) in [5.74, 6) is 1.26. The molecule has 0 aliphatic carbocycles. The van der Waals surface area contributed by atoms with Crippen LogP contribution in [0.5, 0.6) is 11.5 Å². The number of carbonyl (C=O) groups excluding carboxylic acids is 1. The van der Waals surface area contributed by atoms with Gasteiger partial charge in [0.25, 0.3) is 11.6 Å². The largest absolute Gasteiger partial charge is 0.457 e. The molecule has 0 radical (unpaired) electrons. The third kappa shape index (κ3) is 5.15.